The lowest BCUT2D eigenvalue weighted by molar-refractivity contribution is 0.0739. The van der Waals surface area contributed by atoms with Gasteiger partial charge in [-0.1, -0.05) is 35.8 Å². The first-order chi connectivity index (χ1) is 13.0. The Kier molecular flexibility index (Phi) is 5.69. The zero-order chi connectivity index (χ0) is 19.4. The molecule has 0 atom stereocenters. The Balaban J connectivity index is 1.82. The first-order valence-corrected chi connectivity index (χ1v) is 9.06. The van der Waals surface area contributed by atoms with Crippen molar-refractivity contribution in [3.63, 3.8) is 0 Å². The van der Waals surface area contributed by atoms with Crippen molar-refractivity contribution in [2.75, 3.05) is 6.54 Å². The highest BCUT2D eigenvalue weighted by atomic mass is 19.1. The predicted molar refractivity (Wildman–Crippen MR) is 103 cm³/mol. The summed E-state index contributed by atoms with van der Waals surface area (Å²) in [6.45, 7) is 6.92. The lowest BCUT2D eigenvalue weighted by atomic mass is 10.0. The smallest absolute Gasteiger partial charge is 0.254 e. The lowest BCUT2D eigenvalue weighted by Crippen LogP contribution is -2.31. The minimum Gasteiger partial charge on any atom is -0.356 e. The highest BCUT2D eigenvalue weighted by Crippen LogP contribution is 2.26. The maximum Gasteiger partial charge on any atom is 0.254 e. The molecule has 0 bridgehead atoms. The van der Waals surface area contributed by atoms with Crippen molar-refractivity contribution >= 4 is 5.91 Å². The second-order valence-corrected chi connectivity index (χ2v) is 6.74. The van der Waals surface area contributed by atoms with Crippen LogP contribution in [0.5, 0.6) is 0 Å². The Labute approximate surface area is 158 Å². The van der Waals surface area contributed by atoms with Crippen LogP contribution in [0, 0.1) is 19.7 Å². The average Bonchev–Trinajstić information content (AvgIpc) is 3.11. The fourth-order valence-electron chi connectivity index (χ4n) is 3.04. The van der Waals surface area contributed by atoms with E-state index in [4.69, 9.17) is 4.52 Å². The summed E-state index contributed by atoms with van der Waals surface area (Å²) in [5.74, 6) is 0.0458. The zero-order valence-corrected chi connectivity index (χ0v) is 15.8. The fraction of sp³-hybridized carbons (Fsp3) is 0.273. The zero-order valence-electron chi connectivity index (χ0n) is 15.8. The first-order valence-electron chi connectivity index (χ1n) is 9.06. The predicted octanol–water partition coefficient (Wildman–Crippen LogP) is 5.15. The summed E-state index contributed by atoms with van der Waals surface area (Å²) in [6, 6.07) is 13.8. The Morgan fingerprint density at radius 2 is 1.96 bits per heavy atom. The van der Waals surface area contributed by atoms with E-state index in [1.807, 2.05) is 32.9 Å². The standard InChI is InChI=1S/C22H23FN2O2/c1-4-10-25(22(26)17-6-5-7-18(23)12-17)14-19-13-21(27-24-19)20-11-15(2)8-9-16(20)3/h5-9,11-13H,4,10,14H2,1-3H3. The Bertz CT molecular complexity index is 949. The molecular weight excluding hydrogens is 343 g/mol. The monoisotopic (exact) mass is 366 g/mol. The van der Waals surface area contributed by atoms with Crippen LogP contribution in [0.1, 0.15) is 40.5 Å². The molecule has 0 aliphatic carbocycles. The van der Waals surface area contributed by atoms with Crippen LogP contribution in [0.3, 0.4) is 0 Å². The number of amides is 1. The van der Waals surface area contributed by atoms with Gasteiger partial charge in [0.2, 0.25) is 0 Å². The van der Waals surface area contributed by atoms with Gasteiger partial charge in [0.25, 0.3) is 5.91 Å². The average molecular weight is 366 g/mol. The van der Waals surface area contributed by atoms with E-state index in [0.717, 1.165) is 23.1 Å². The van der Waals surface area contributed by atoms with Gasteiger partial charge in [-0.3, -0.25) is 4.79 Å². The molecule has 3 rings (SSSR count). The molecule has 0 unspecified atom stereocenters. The Morgan fingerprint density at radius 3 is 2.70 bits per heavy atom. The Hall–Kier alpha value is -2.95. The number of aryl methyl sites for hydroxylation is 2. The van der Waals surface area contributed by atoms with Crippen molar-refractivity contribution in [3.8, 4) is 11.3 Å². The van der Waals surface area contributed by atoms with E-state index in [1.165, 1.54) is 12.1 Å². The number of carbonyl (C=O) groups is 1. The van der Waals surface area contributed by atoms with E-state index < -0.39 is 5.82 Å². The third kappa shape index (κ3) is 4.42. The van der Waals surface area contributed by atoms with Crippen LogP contribution in [0.15, 0.2) is 53.1 Å². The molecule has 3 aromatic rings. The molecule has 0 N–H and O–H groups in total. The first kappa shape index (κ1) is 18.8. The van der Waals surface area contributed by atoms with Gasteiger partial charge in [0, 0.05) is 23.7 Å². The molecule has 1 heterocycles. The van der Waals surface area contributed by atoms with Gasteiger partial charge >= 0.3 is 0 Å². The van der Waals surface area contributed by atoms with Crippen molar-refractivity contribution in [3.05, 3.63) is 76.7 Å². The van der Waals surface area contributed by atoms with Crippen molar-refractivity contribution in [1.29, 1.82) is 0 Å². The number of nitrogens with zero attached hydrogens (tertiary/aromatic N) is 2. The summed E-state index contributed by atoms with van der Waals surface area (Å²) < 4.78 is 19.0. The van der Waals surface area contributed by atoms with Crippen molar-refractivity contribution in [2.45, 2.75) is 33.7 Å². The van der Waals surface area contributed by atoms with Crippen molar-refractivity contribution < 1.29 is 13.7 Å². The van der Waals surface area contributed by atoms with Gasteiger partial charge in [0.05, 0.1) is 6.54 Å². The third-order valence-electron chi connectivity index (χ3n) is 4.42. The number of halogens is 1. The Morgan fingerprint density at radius 1 is 1.15 bits per heavy atom. The molecule has 140 valence electrons. The number of rotatable bonds is 6. The van der Waals surface area contributed by atoms with Gasteiger partial charge in [-0.2, -0.15) is 0 Å². The van der Waals surface area contributed by atoms with Crippen LogP contribution < -0.4 is 0 Å². The largest absolute Gasteiger partial charge is 0.356 e. The highest BCUT2D eigenvalue weighted by molar-refractivity contribution is 5.94. The van der Waals surface area contributed by atoms with E-state index in [2.05, 4.69) is 17.3 Å². The molecule has 1 aromatic heterocycles. The third-order valence-corrected chi connectivity index (χ3v) is 4.42. The summed E-state index contributed by atoms with van der Waals surface area (Å²) in [7, 11) is 0. The molecule has 0 saturated carbocycles. The molecule has 27 heavy (non-hydrogen) atoms. The van der Waals surface area contributed by atoms with Crippen molar-refractivity contribution in [2.24, 2.45) is 0 Å². The minimum absolute atomic E-state index is 0.215. The van der Waals surface area contributed by atoms with Crippen LogP contribution in [-0.4, -0.2) is 22.5 Å². The van der Waals surface area contributed by atoms with Crippen molar-refractivity contribution in [1.82, 2.24) is 10.1 Å². The number of hydrogen-bond donors (Lipinski definition) is 0. The lowest BCUT2D eigenvalue weighted by Gasteiger charge is -2.21. The molecule has 4 nitrogen and oxygen atoms in total. The highest BCUT2D eigenvalue weighted by Gasteiger charge is 2.18. The number of carbonyl (C=O) groups excluding carboxylic acids is 1. The number of hydrogen-bond acceptors (Lipinski definition) is 3. The second kappa shape index (κ2) is 8.16. The second-order valence-electron chi connectivity index (χ2n) is 6.74. The summed E-state index contributed by atoms with van der Waals surface area (Å²) in [6.07, 6.45) is 0.794. The van der Waals surface area contributed by atoms with E-state index in [1.54, 1.807) is 17.0 Å². The maximum absolute atomic E-state index is 13.5. The molecule has 0 saturated heterocycles. The molecule has 1 amide bonds. The van der Waals surface area contributed by atoms with Gasteiger partial charge < -0.3 is 9.42 Å². The topological polar surface area (TPSA) is 46.3 Å². The quantitative estimate of drug-likeness (QED) is 0.606. The van der Waals surface area contributed by atoms with Crippen LogP contribution in [0.2, 0.25) is 0 Å². The summed E-state index contributed by atoms with van der Waals surface area (Å²) >= 11 is 0. The van der Waals surface area contributed by atoms with E-state index >= 15 is 0 Å². The van der Waals surface area contributed by atoms with Gasteiger partial charge in [-0.15, -0.1) is 0 Å². The van der Waals surface area contributed by atoms with Gasteiger partial charge in [0.15, 0.2) is 5.76 Å². The van der Waals surface area contributed by atoms with Crippen LogP contribution >= 0.6 is 0 Å². The maximum atomic E-state index is 13.5. The minimum atomic E-state index is -0.420. The van der Waals surface area contributed by atoms with Gasteiger partial charge in [-0.05, 0) is 50.1 Å². The van der Waals surface area contributed by atoms with Crippen LogP contribution in [-0.2, 0) is 6.54 Å². The molecule has 0 radical (unpaired) electrons. The van der Waals surface area contributed by atoms with Gasteiger partial charge in [0.1, 0.15) is 11.5 Å². The molecule has 0 spiro atoms. The van der Waals surface area contributed by atoms with E-state index in [9.17, 15) is 9.18 Å². The summed E-state index contributed by atoms with van der Waals surface area (Å²) in [5.41, 5.74) is 4.24. The van der Waals surface area contributed by atoms with E-state index in [-0.39, 0.29) is 5.91 Å². The molecule has 2 aromatic carbocycles. The molecule has 0 aliphatic heterocycles. The summed E-state index contributed by atoms with van der Waals surface area (Å²) in [4.78, 5) is 14.4. The summed E-state index contributed by atoms with van der Waals surface area (Å²) in [5, 5.41) is 4.14. The number of aromatic nitrogens is 1. The molecule has 0 fully saturated rings. The molecule has 5 heteroatoms. The molecule has 0 aliphatic rings. The number of benzene rings is 2. The fourth-order valence-corrected chi connectivity index (χ4v) is 3.04. The van der Waals surface area contributed by atoms with Crippen LogP contribution in [0.4, 0.5) is 4.39 Å². The van der Waals surface area contributed by atoms with E-state index in [0.29, 0.717) is 30.1 Å². The molecular formula is C22H23FN2O2. The van der Waals surface area contributed by atoms with Gasteiger partial charge in [-0.25, -0.2) is 4.39 Å². The van der Waals surface area contributed by atoms with Crippen LogP contribution in [0.25, 0.3) is 11.3 Å². The normalized spacial score (nSPS) is 10.8. The SMILES string of the molecule is CCCN(Cc1cc(-c2cc(C)ccc2C)on1)C(=O)c1cccc(F)c1.